The molecule has 1 saturated heterocycles. The molecule has 0 bridgehead atoms. The van der Waals surface area contributed by atoms with Crippen molar-refractivity contribution in [3.05, 3.63) is 23.8 Å². The number of benzene rings is 1. The van der Waals surface area contributed by atoms with E-state index in [4.69, 9.17) is 5.73 Å². The van der Waals surface area contributed by atoms with Gasteiger partial charge in [-0.2, -0.15) is 0 Å². The normalized spacial score (nSPS) is 23.7. The minimum absolute atomic E-state index is 0.0820. The molecule has 1 heterocycles. The largest absolute Gasteiger partial charge is 0.397 e. The Labute approximate surface area is 120 Å². The van der Waals surface area contributed by atoms with Gasteiger partial charge in [0.2, 0.25) is 0 Å². The van der Waals surface area contributed by atoms with Gasteiger partial charge in [0.15, 0.2) is 0 Å². The molecule has 1 aliphatic heterocycles. The molecule has 5 heteroatoms. The predicted molar refractivity (Wildman–Crippen MR) is 83.1 cm³/mol. The van der Waals surface area contributed by atoms with Gasteiger partial charge in [-0.05, 0) is 39.1 Å². The number of nitrogens with zero attached hydrogens (tertiary/aromatic N) is 2. The molecule has 1 aromatic rings. The first-order valence-electron chi connectivity index (χ1n) is 7.02. The number of piperazine rings is 1. The second-order valence-corrected chi connectivity index (χ2v) is 5.62. The van der Waals surface area contributed by atoms with E-state index >= 15 is 0 Å². The van der Waals surface area contributed by atoms with Crippen LogP contribution < -0.4 is 16.0 Å². The van der Waals surface area contributed by atoms with Crippen LogP contribution in [0.5, 0.6) is 0 Å². The summed E-state index contributed by atoms with van der Waals surface area (Å²) in [6.07, 6.45) is 0. The quantitative estimate of drug-likeness (QED) is 0.796. The molecule has 0 spiro atoms. The zero-order chi connectivity index (χ0) is 14.9. The van der Waals surface area contributed by atoms with E-state index in [1.807, 2.05) is 12.1 Å². The van der Waals surface area contributed by atoms with Gasteiger partial charge in [-0.3, -0.25) is 9.69 Å². The Morgan fingerprint density at radius 1 is 1.30 bits per heavy atom. The van der Waals surface area contributed by atoms with E-state index < -0.39 is 0 Å². The van der Waals surface area contributed by atoms with Gasteiger partial charge < -0.3 is 16.0 Å². The van der Waals surface area contributed by atoms with E-state index in [-0.39, 0.29) is 5.91 Å². The summed E-state index contributed by atoms with van der Waals surface area (Å²) in [4.78, 5) is 16.4. The summed E-state index contributed by atoms with van der Waals surface area (Å²) in [5.41, 5.74) is 8.43. The molecule has 0 aromatic heterocycles. The van der Waals surface area contributed by atoms with E-state index in [2.05, 4.69) is 36.0 Å². The SMILES string of the molecule is CNC(=O)c1ccc(N)c(N2CC(C)N(C)C(C)C2)c1. The zero-order valence-electron chi connectivity index (χ0n) is 12.7. The van der Waals surface area contributed by atoms with E-state index in [1.165, 1.54) is 0 Å². The van der Waals surface area contributed by atoms with Crippen LogP contribution in [0.15, 0.2) is 18.2 Å². The minimum atomic E-state index is -0.0820. The van der Waals surface area contributed by atoms with Crippen molar-refractivity contribution < 1.29 is 4.79 Å². The summed E-state index contributed by atoms with van der Waals surface area (Å²) in [7, 11) is 3.79. The molecule has 2 rings (SSSR count). The fourth-order valence-electron chi connectivity index (χ4n) is 2.70. The van der Waals surface area contributed by atoms with E-state index in [1.54, 1.807) is 13.1 Å². The van der Waals surface area contributed by atoms with Crippen LogP contribution in [-0.4, -0.2) is 50.1 Å². The van der Waals surface area contributed by atoms with Crippen molar-refractivity contribution >= 4 is 17.3 Å². The van der Waals surface area contributed by atoms with Crippen LogP contribution in [-0.2, 0) is 0 Å². The fraction of sp³-hybridized carbons (Fsp3) is 0.533. The smallest absolute Gasteiger partial charge is 0.251 e. The lowest BCUT2D eigenvalue weighted by Crippen LogP contribution is -2.55. The Hall–Kier alpha value is -1.75. The fourth-order valence-corrected chi connectivity index (χ4v) is 2.70. The third kappa shape index (κ3) is 2.72. The van der Waals surface area contributed by atoms with E-state index in [9.17, 15) is 4.79 Å². The third-order valence-electron chi connectivity index (χ3n) is 4.22. The summed E-state index contributed by atoms with van der Waals surface area (Å²) in [5, 5.41) is 2.65. The molecule has 5 nitrogen and oxygen atoms in total. The molecule has 0 saturated carbocycles. The number of nitrogen functional groups attached to an aromatic ring is 1. The molecule has 2 atom stereocenters. The molecule has 20 heavy (non-hydrogen) atoms. The number of likely N-dealkylation sites (N-methyl/N-ethyl adjacent to an activating group) is 1. The van der Waals surface area contributed by atoms with Crippen molar-refractivity contribution in [3.8, 4) is 0 Å². The van der Waals surface area contributed by atoms with Gasteiger partial charge in [-0.1, -0.05) is 0 Å². The highest BCUT2D eigenvalue weighted by molar-refractivity contribution is 5.96. The van der Waals surface area contributed by atoms with Crippen molar-refractivity contribution in [3.63, 3.8) is 0 Å². The number of amides is 1. The Morgan fingerprint density at radius 2 is 1.90 bits per heavy atom. The summed E-state index contributed by atoms with van der Waals surface area (Å²) in [6.45, 7) is 6.26. The summed E-state index contributed by atoms with van der Waals surface area (Å²) < 4.78 is 0. The maximum atomic E-state index is 11.8. The zero-order valence-corrected chi connectivity index (χ0v) is 12.7. The molecule has 0 radical (unpaired) electrons. The molecular formula is C15H24N4O. The number of anilines is 2. The highest BCUT2D eigenvalue weighted by atomic mass is 16.1. The van der Waals surface area contributed by atoms with E-state index in [0.29, 0.717) is 17.6 Å². The number of hydrogen-bond acceptors (Lipinski definition) is 4. The number of rotatable bonds is 2. The number of carbonyl (C=O) groups is 1. The molecule has 1 fully saturated rings. The standard InChI is InChI=1S/C15H24N4O/c1-10-8-19(9-11(2)18(10)4)14-7-12(15(20)17-3)5-6-13(14)16/h5-7,10-11H,8-9,16H2,1-4H3,(H,17,20). The highest BCUT2D eigenvalue weighted by Crippen LogP contribution is 2.28. The highest BCUT2D eigenvalue weighted by Gasteiger charge is 2.27. The maximum absolute atomic E-state index is 11.8. The van der Waals surface area contributed by atoms with Crippen molar-refractivity contribution in [1.82, 2.24) is 10.2 Å². The Kier molecular flexibility index (Phi) is 4.18. The average Bonchev–Trinajstić information content (AvgIpc) is 2.44. The van der Waals surface area contributed by atoms with Crippen LogP contribution in [0.25, 0.3) is 0 Å². The molecule has 0 aliphatic carbocycles. The average molecular weight is 276 g/mol. The van der Waals surface area contributed by atoms with Gasteiger partial charge in [0.1, 0.15) is 0 Å². The first-order valence-corrected chi connectivity index (χ1v) is 7.02. The molecular weight excluding hydrogens is 252 g/mol. The number of hydrogen-bond donors (Lipinski definition) is 2. The van der Waals surface area contributed by atoms with Gasteiger partial charge in [-0.25, -0.2) is 0 Å². The van der Waals surface area contributed by atoms with Crippen molar-refractivity contribution in [1.29, 1.82) is 0 Å². The second-order valence-electron chi connectivity index (χ2n) is 5.62. The summed E-state index contributed by atoms with van der Waals surface area (Å²) in [5.74, 6) is -0.0820. The predicted octanol–water partition coefficient (Wildman–Crippen LogP) is 1.16. The Bertz CT molecular complexity index is 491. The lowest BCUT2D eigenvalue weighted by atomic mass is 10.1. The van der Waals surface area contributed by atoms with Crippen LogP contribution >= 0.6 is 0 Å². The minimum Gasteiger partial charge on any atom is -0.397 e. The van der Waals surface area contributed by atoms with Crippen LogP contribution in [0.3, 0.4) is 0 Å². The van der Waals surface area contributed by atoms with Crippen LogP contribution in [0.2, 0.25) is 0 Å². The second kappa shape index (κ2) is 5.71. The summed E-state index contributed by atoms with van der Waals surface area (Å²) in [6, 6.07) is 6.39. The van der Waals surface area contributed by atoms with Gasteiger partial charge in [-0.15, -0.1) is 0 Å². The van der Waals surface area contributed by atoms with Crippen LogP contribution in [0, 0.1) is 0 Å². The number of nitrogens with one attached hydrogen (secondary N) is 1. The summed E-state index contributed by atoms with van der Waals surface area (Å²) >= 11 is 0. The van der Waals surface area contributed by atoms with Crippen LogP contribution in [0.1, 0.15) is 24.2 Å². The molecule has 2 unspecified atom stereocenters. The molecule has 3 N–H and O–H groups in total. The monoisotopic (exact) mass is 276 g/mol. The van der Waals surface area contributed by atoms with Gasteiger partial charge >= 0.3 is 0 Å². The Morgan fingerprint density at radius 3 is 2.45 bits per heavy atom. The topological polar surface area (TPSA) is 61.6 Å². The Balaban J connectivity index is 2.30. The lowest BCUT2D eigenvalue weighted by Gasteiger charge is -2.43. The van der Waals surface area contributed by atoms with Gasteiger partial charge in [0, 0.05) is 37.8 Å². The molecule has 110 valence electrons. The van der Waals surface area contributed by atoms with Gasteiger partial charge in [0.05, 0.1) is 11.4 Å². The van der Waals surface area contributed by atoms with Crippen molar-refractivity contribution in [2.75, 3.05) is 37.8 Å². The maximum Gasteiger partial charge on any atom is 0.251 e. The molecule has 1 aliphatic rings. The third-order valence-corrected chi connectivity index (χ3v) is 4.22. The van der Waals surface area contributed by atoms with Crippen molar-refractivity contribution in [2.24, 2.45) is 0 Å². The molecule has 1 amide bonds. The first kappa shape index (κ1) is 14.7. The van der Waals surface area contributed by atoms with Crippen molar-refractivity contribution in [2.45, 2.75) is 25.9 Å². The molecule has 1 aromatic carbocycles. The lowest BCUT2D eigenvalue weighted by molar-refractivity contribution is 0.0963. The van der Waals surface area contributed by atoms with E-state index in [0.717, 1.165) is 24.5 Å². The van der Waals surface area contributed by atoms with Gasteiger partial charge in [0.25, 0.3) is 5.91 Å². The van der Waals surface area contributed by atoms with Crippen LogP contribution in [0.4, 0.5) is 11.4 Å². The number of carbonyl (C=O) groups excluding carboxylic acids is 1. The number of nitrogens with two attached hydrogens (primary N) is 1. The first-order chi connectivity index (χ1) is 9.43.